The minimum absolute atomic E-state index is 0.356. The summed E-state index contributed by atoms with van der Waals surface area (Å²) in [7, 11) is 0. The molecule has 0 radical (unpaired) electrons. The maximum Gasteiger partial charge on any atom is 0.358 e. The molecule has 2 aromatic heterocycles. The van der Waals surface area contributed by atoms with E-state index in [1.54, 1.807) is 13.1 Å². The van der Waals surface area contributed by atoms with Crippen LogP contribution >= 0.6 is 0 Å². The first-order valence-electron chi connectivity index (χ1n) is 6.90. The molecule has 3 heterocycles. The van der Waals surface area contributed by atoms with Gasteiger partial charge in [-0.2, -0.15) is 0 Å². The van der Waals surface area contributed by atoms with Crippen LogP contribution in [0.1, 0.15) is 17.4 Å². The molecule has 0 saturated carbocycles. The summed E-state index contributed by atoms with van der Waals surface area (Å²) in [5.41, 5.74) is 1.12. The predicted molar refractivity (Wildman–Crippen MR) is 76.2 cm³/mol. The highest BCUT2D eigenvalue weighted by molar-refractivity contribution is 5.88. The zero-order chi connectivity index (χ0) is 13.9. The Morgan fingerprint density at radius 2 is 2.20 bits per heavy atom. The fraction of sp³-hybridized carbons (Fsp3) is 0.429. The van der Waals surface area contributed by atoms with Gasteiger partial charge in [-0.3, -0.25) is 4.40 Å². The zero-order valence-electron chi connectivity index (χ0n) is 11.5. The van der Waals surface area contributed by atoms with Crippen molar-refractivity contribution in [3.63, 3.8) is 0 Å². The number of hydrogen-bond donors (Lipinski definition) is 1. The van der Waals surface area contributed by atoms with Gasteiger partial charge < -0.3 is 15.0 Å². The fourth-order valence-electron chi connectivity index (χ4n) is 2.45. The minimum Gasteiger partial charge on any atom is -0.461 e. The number of hydrogen-bond acceptors (Lipinski definition) is 5. The Hall–Kier alpha value is -2.08. The van der Waals surface area contributed by atoms with Crippen LogP contribution in [0, 0.1) is 0 Å². The number of imidazole rings is 1. The highest BCUT2D eigenvalue weighted by Crippen LogP contribution is 2.18. The SMILES string of the molecule is CCOC(=O)c1cn2c(N3CCNCC3)cccc2n1. The zero-order valence-corrected chi connectivity index (χ0v) is 11.5. The van der Waals surface area contributed by atoms with Crippen molar-refractivity contribution in [3.05, 3.63) is 30.1 Å². The maximum atomic E-state index is 11.8. The van der Waals surface area contributed by atoms with E-state index in [0.29, 0.717) is 12.3 Å². The molecular weight excluding hydrogens is 256 g/mol. The molecule has 1 N–H and O–H groups in total. The lowest BCUT2D eigenvalue weighted by atomic mass is 10.3. The van der Waals surface area contributed by atoms with Gasteiger partial charge in [-0.05, 0) is 19.1 Å². The smallest absolute Gasteiger partial charge is 0.358 e. The van der Waals surface area contributed by atoms with Gasteiger partial charge in [-0.15, -0.1) is 0 Å². The van der Waals surface area contributed by atoms with E-state index < -0.39 is 0 Å². The van der Waals surface area contributed by atoms with E-state index >= 15 is 0 Å². The van der Waals surface area contributed by atoms with Crippen molar-refractivity contribution in [2.75, 3.05) is 37.7 Å². The number of esters is 1. The van der Waals surface area contributed by atoms with Crippen LogP contribution in [0.3, 0.4) is 0 Å². The second-order valence-corrected chi connectivity index (χ2v) is 4.70. The van der Waals surface area contributed by atoms with Crippen LogP contribution in [-0.2, 0) is 4.74 Å². The number of carbonyl (C=O) groups excluding carboxylic acids is 1. The Labute approximate surface area is 117 Å². The summed E-state index contributed by atoms with van der Waals surface area (Å²) in [5.74, 6) is 0.689. The molecule has 1 aliphatic heterocycles. The van der Waals surface area contributed by atoms with Gasteiger partial charge in [-0.1, -0.05) is 6.07 Å². The molecule has 0 atom stereocenters. The predicted octanol–water partition coefficient (Wildman–Crippen LogP) is 0.921. The standard InChI is InChI=1S/C14H18N4O2/c1-2-20-14(19)11-10-18-12(16-11)4-3-5-13(18)17-8-6-15-7-9-17/h3-5,10,15H,2,6-9H2,1H3. The Morgan fingerprint density at radius 1 is 1.40 bits per heavy atom. The van der Waals surface area contributed by atoms with Crippen LogP contribution in [0.4, 0.5) is 5.82 Å². The Balaban J connectivity index is 1.98. The third-order valence-corrected chi connectivity index (χ3v) is 3.40. The van der Waals surface area contributed by atoms with Gasteiger partial charge in [0.05, 0.1) is 6.61 Å². The van der Waals surface area contributed by atoms with E-state index in [-0.39, 0.29) is 5.97 Å². The molecule has 0 aliphatic carbocycles. The minimum atomic E-state index is -0.373. The molecule has 6 heteroatoms. The topological polar surface area (TPSA) is 58.9 Å². The highest BCUT2D eigenvalue weighted by atomic mass is 16.5. The number of nitrogens with zero attached hydrogens (tertiary/aromatic N) is 3. The molecule has 0 aromatic carbocycles. The molecule has 0 unspecified atom stereocenters. The van der Waals surface area contributed by atoms with Crippen LogP contribution in [0.5, 0.6) is 0 Å². The molecule has 20 heavy (non-hydrogen) atoms. The third-order valence-electron chi connectivity index (χ3n) is 3.40. The van der Waals surface area contributed by atoms with E-state index in [9.17, 15) is 4.79 Å². The first-order chi connectivity index (χ1) is 9.79. The number of piperazine rings is 1. The molecule has 1 saturated heterocycles. The third kappa shape index (κ3) is 2.34. The van der Waals surface area contributed by atoms with Gasteiger partial charge in [-0.25, -0.2) is 9.78 Å². The van der Waals surface area contributed by atoms with Crippen LogP contribution in [0.25, 0.3) is 5.65 Å². The second-order valence-electron chi connectivity index (χ2n) is 4.70. The number of ether oxygens (including phenoxy) is 1. The number of aromatic nitrogens is 2. The van der Waals surface area contributed by atoms with Crippen molar-refractivity contribution in [2.24, 2.45) is 0 Å². The van der Waals surface area contributed by atoms with Gasteiger partial charge in [0, 0.05) is 32.4 Å². The second kappa shape index (κ2) is 5.50. The van der Waals surface area contributed by atoms with Gasteiger partial charge in [0.15, 0.2) is 5.69 Å². The summed E-state index contributed by atoms with van der Waals surface area (Å²) >= 11 is 0. The van der Waals surface area contributed by atoms with Gasteiger partial charge in [0.1, 0.15) is 11.5 Å². The summed E-state index contributed by atoms with van der Waals surface area (Å²) in [6.07, 6.45) is 1.75. The largest absolute Gasteiger partial charge is 0.461 e. The summed E-state index contributed by atoms with van der Waals surface area (Å²) in [6.45, 7) is 5.99. The Morgan fingerprint density at radius 3 is 2.95 bits per heavy atom. The molecule has 0 spiro atoms. The molecule has 6 nitrogen and oxygen atoms in total. The number of rotatable bonds is 3. The Kier molecular flexibility index (Phi) is 3.56. The lowest BCUT2D eigenvalue weighted by Crippen LogP contribution is -2.44. The van der Waals surface area contributed by atoms with Crippen molar-refractivity contribution in [3.8, 4) is 0 Å². The summed E-state index contributed by atoms with van der Waals surface area (Å²) in [4.78, 5) is 18.4. The molecule has 1 aliphatic rings. The molecule has 106 valence electrons. The van der Waals surface area contributed by atoms with E-state index in [2.05, 4.69) is 21.3 Å². The molecule has 0 bridgehead atoms. The highest BCUT2D eigenvalue weighted by Gasteiger charge is 2.17. The van der Waals surface area contributed by atoms with E-state index in [0.717, 1.165) is 37.6 Å². The summed E-state index contributed by atoms with van der Waals surface area (Å²) in [6, 6.07) is 5.91. The van der Waals surface area contributed by atoms with Crippen molar-refractivity contribution in [1.82, 2.24) is 14.7 Å². The van der Waals surface area contributed by atoms with Crippen molar-refractivity contribution in [1.29, 1.82) is 0 Å². The average Bonchev–Trinajstić information content (AvgIpc) is 2.92. The van der Waals surface area contributed by atoms with Crippen molar-refractivity contribution >= 4 is 17.4 Å². The van der Waals surface area contributed by atoms with Crippen LogP contribution in [-0.4, -0.2) is 48.1 Å². The number of nitrogens with one attached hydrogen (secondary N) is 1. The maximum absolute atomic E-state index is 11.8. The van der Waals surface area contributed by atoms with E-state index in [1.807, 2.05) is 16.5 Å². The number of anilines is 1. The van der Waals surface area contributed by atoms with Crippen LogP contribution in [0.2, 0.25) is 0 Å². The van der Waals surface area contributed by atoms with Crippen molar-refractivity contribution < 1.29 is 9.53 Å². The quantitative estimate of drug-likeness (QED) is 0.843. The molecule has 2 aromatic rings. The monoisotopic (exact) mass is 274 g/mol. The van der Waals surface area contributed by atoms with Gasteiger partial charge in [0.25, 0.3) is 0 Å². The number of fused-ring (bicyclic) bond motifs is 1. The van der Waals surface area contributed by atoms with E-state index in [4.69, 9.17) is 4.74 Å². The number of carbonyl (C=O) groups is 1. The van der Waals surface area contributed by atoms with Gasteiger partial charge in [0.2, 0.25) is 0 Å². The summed E-state index contributed by atoms with van der Waals surface area (Å²) in [5, 5.41) is 3.33. The average molecular weight is 274 g/mol. The fourth-order valence-corrected chi connectivity index (χ4v) is 2.45. The molecule has 1 fully saturated rings. The van der Waals surface area contributed by atoms with Gasteiger partial charge >= 0.3 is 5.97 Å². The number of pyridine rings is 1. The normalized spacial score (nSPS) is 15.6. The lowest BCUT2D eigenvalue weighted by Gasteiger charge is -2.29. The van der Waals surface area contributed by atoms with Crippen molar-refractivity contribution in [2.45, 2.75) is 6.92 Å². The molecule has 0 amide bonds. The Bertz CT molecular complexity index is 617. The first kappa shape index (κ1) is 12.9. The first-order valence-corrected chi connectivity index (χ1v) is 6.90. The van der Waals surface area contributed by atoms with Crippen LogP contribution < -0.4 is 10.2 Å². The summed E-state index contributed by atoms with van der Waals surface area (Å²) < 4.78 is 6.96. The molecule has 3 rings (SSSR count). The lowest BCUT2D eigenvalue weighted by molar-refractivity contribution is 0.0520. The van der Waals surface area contributed by atoms with Crippen LogP contribution in [0.15, 0.2) is 24.4 Å². The van der Waals surface area contributed by atoms with E-state index in [1.165, 1.54) is 0 Å². The molecular formula is C14H18N4O2.